The first-order valence-electron chi connectivity index (χ1n) is 8.27. The average molecular weight is 401 g/mol. The summed E-state index contributed by atoms with van der Waals surface area (Å²) in [6, 6.07) is 11.5. The first kappa shape index (κ1) is 18.1. The van der Waals surface area contributed by atoms with Gasteiger partial charge in [-0.3, -0.25) is 0 Å². The third kappa shape index (κ3) is 3.10. The maximum Gasteiger partial charge on any atom is 0.354 e. The Kier molecular flexibility index (Phi) is 4.52. The zero-order valence-corrected chi connectivity index (χ0v) is 15.1. The van der Waals surface area contributed by atoms with Crippen LogP contribution in [0.1, 0.15) is 5.56 Å². The zero-order valence-electron chi connectivity index (χ0n) is 14.3. The van der Waals surface area contributed by atoms with Gasteiger partial charge < -0.3 is 5.11 Å². The second kappa shape index (κ2) is 7.01. The predicted octanol–water partition coefficient (Wildman–Crippen LogP) is 3.33. The summed E-state index contributed by atoms with van der Waals surface area (Å²) < 4.78 is 30.3. The van der Waals surface area contributed by atoms with Crippen molar-refractivity contribution < 1.29 is 18.3 Å². The summed E-state index contributed by atoms with van der Waals surface area (Å²) in [6.45, 7) is 0.0854. The minimum absolute atomic E-state index is 0.0854. The molecule has 0 aliphatic rings. The molecule has 0 saturated heterocycles. The van der Waals surface area contributed by atoms with Crippen molar-refractivity contribution in [2.45, 2.75) is 6.54 Å². The van der Waals surface area contributed by atoms with E-state index in [1.54, 1.807) is 18.2 Å². The van der Waals surface area contributed by atoms with Crippen LogP contribution in [0.15, 0.2) is 65.7 Å². The Hall–Kier alpha value is -3.32. The van der Waals surface area contributed by atoms with Crippen molar-refractivity contribution >= 4 is 17.2 Å². The Balaban J connectivity index is 2.03. The van der Waals surface area contributed by atoms with Crippen LogP contribution in [0.3, 0.4) is 0 Å². The molecule has 0 unspecified atom stereocenters. The average Bonchev–Trinajstić information content (AvgIpc) is 2.69. The minimum atomic E-state index is -0.692. The molecule has 0 saturated carbocycles. The molecule has 8 heteroatoms. The molecule has 0 fully saturated rings. The summed E-state index contributed by atoms with van der Waals surface area (Å²) in [5.41, 5.74) is 0.0323. The van der Waals surface area contributed by atoms with Crippen molar-refractivity contribution in [1.82, 2.24) is 9.55 Å². The number of nitrogens with zero attached hydrogens (tertiary/aromatic N) is 3. The lowest BCUT2D eigenvalue weighted by molar-refractivity contribution is -0.532. The molecule has 1 aromatic carbocycles. The molecular weight excluding hydrogens is 388 g/mol. The molecule has 28 heavy (non-hydrogen) atoms. The molecule has 0 atom stereocenters. The molecule has 5 nitrogen and oxygen atoms in total. The van der Waals surface area contributed by atoms with Gasteiger partial charge in [-0.25, -0.2) is 14.2 Å². The molecule has 3 aromatic heterocycles. The number of pyridine rings is 2. The molecule has 3 heterocycles. The van der Waals surface area contributed by atoms with E-state index in [9.17, 15) is 18.7 Å². The second-order valence-electron chi connectivity index (χ2n) is 6.13. The van der Waals surface area contributed by atoms with Gasteiger partial charge >= 0.3 is 5.56 Å². The van der Waals surface area contributed by atoms with Gasteiger partial charge in [0.2, 0.25) is 5.95 Å². The Morgan fingerprint density at radius 1 is 1.14 bits per heavy atom. The second-order valence-corrected chi connectivity index (χ2v) is 6.57. The van der Waals surface area contributed by atoms with Crippen molar-refractivity contribution in [2.75, 3.05) is 0 Å². The number of fused-ring (bicyclic) bond motifs is 1. The number of halogens is 3. The largest absolute Gasteiger partial charge is 0.477 e. The number of rotatable bonds is 3. The van der Waals surface area contributed by atoms with E-state index in [1.807, 2.05) is 0 Å². The first-order chi connectivity index (χ1) is 13.5. The highest BCUT2D eigenvalue weighted by molar-refractivity contribution is 6.30. The summed E-state index contributed by atoms with van der Waals surface area (Å²) in [7, 11) is 0. The zero-order chi connectivity index (χ0) is 19.8. The lowest BCUT2D eigenvalue weighted by atomic mass is 10.1. The summed E-state index contributed by atoms with van der Waals surface area (Å²) in [5, 5.41) is 11.1. The van der Waals surface area contributed by atoms with E-state index >= 15 is 0 Å². The van der Waals surface area contributed by atoms with E-state index in [0.29, 0.717) is 11.2 Å². The molecule has 0 spiro atoms. The van der Waals surface area contributed by atoms with Crippen LogP contribution in [-0.4, -0.2) is 14.7 Å². The van der Waals surface area contributed by atoms with E-state index in [-0.39, 0.29) is 22.7 Å². The van der Waals surface area contributed by atoms with Gasteiger partial charge in [0.1, 0.15) is 12.4 Å². The molecule has 0 aliphatic heterocycles. The number of benzene rings is 1. The van der Waals surface area contributed by atoms with Gasteiger partial charge in [-0.15, -0.1) is 0 Å². The maximum absolute atomic E-state index is 14.4. The summed E-state index contributed by atoms with van der Waals surface area (Å²) in [5.74, 6) is -1.75. The fourth-order valence-electron chi connectivity index (χ4n) is 3.05. The Morgan fingerprint density at radius 2 is 1.96 bits per heavy atom. The van der Waals surface area contributed by atoms with E-state index in [1.165, 1.54) is 45.6 Å². The van der Waals surface area contributed by atoms with Crippen molar-refractivity contribution in [1.29, 1.82) is 0 Å². The quantitative estimate of drug-likeness (QED) is 0.424. The van der Waals surface area contributed by atoms with E-state index < -0.39 is 23.2 Å². The molecular formula is C20H13ClF2N3O2+. The van der Waals surface area contributed by atoms with Crippen LogP contribution in [0.5, 0.6) is 5.88 Å². The summed E-state index contributed by atoms with van der Waals surface area (Å²) >= 11 is 5.97. The van der Waals surface area contributed by atoms with Crippen molar-refractivity contribution in [3.8, 4) is 17.0 Å². The van der Waals surface area contributed by atoms with Crippen LogP contribution in [0.2, 0.25) is 5.02 Å². The first-order valence-corrected chi connectivity index (χ1v) is 8.65. The number of hydrogen-bond donors (Lipinski definition) is 1. The van der Waals surface area contributed by atoms with E-state index in [4.69, 9.17) is 11.6 Å². The van der Waals surface area contributed by atoms with Gasteiger partial charge in [0.05, 0.1) is 6.20 Å². The van der Waals surface area contributed by atoms with Gasteiger partial charge in [-0.2, -0.15) is 13.4 Å². The molecule has 0 aliphatic carbocycles. The van der Waals surface area contributed by atoms with Crippen LogP contribution in [0, 0.1) is 11.8 Å². The molecule has 1 N–H and O–H groups in total. The normalized spacial score (nSPS) is 11.1. The smallest absolute Gasteiger partial charge is 0.354 e. The molecule has 140 valence electrons. The van der Waals surface area contributed by atoms with Crippen LogP contribution in [-0.2, 0) is 6.54 Å². The highest BCUT2D eigenvalue weighted by atomic mass is 35.5. The minimum Gasteiger partial charge on any atom is -0.477 e. The van der Waals surface area contributed by atoms with Crippen molar-refractivity contribution in [2.24, 2.45) is 0 Å². The maximum atomic E-state index is 14.4. The van der Waals surface area contributed by atoms with Crippen molar-refractivity contribution in [3.63, 3.8) is 0 Å². The van der Waals surface area contributed by atoms with E-state index in [2.05, 4.69) is 4.98 Å². The Bertz CT molecular complexity index is 1260. The molecule has 0 amide bonds. The molecule has 0 radical (unpaired) electrons. The summed E-state index contributed by atoms with van der Waals surface area (Å²) in [6.07, 6.45) is 2.84. The van der Waals surface area contributed by atoms with Gasteiger partial charge in [-0.1, -0.05) is 17.7 Å². The van der Waals surface area contributed by atoms with E-state index in [0.717, 1.165) is 6.07 Å². The van der Waals surface area contributed by atoms with Crippen molar-refractivity contribution in [3.05, 3.63) is 93.6 Å². The SMILES string of the molecule is O=c1c(-c2cc(Cl)ccc2F)c(O)n(Cc2ccc(F)nc2)c2cccc[n+]12. The molecule has 0 bridgehead atoms. The van der Waals surface area contributed by atoms with Crippen LogP contribution in [0.4, 0.5) is 8.78 Å². The van der Waals surface area contributed by atoms with Gasteiger partial charge in [0, 0.05) is 28.4 Å². The molecule has 4 aromatic rings. The fraction of sp³-hybridized carbons (Fsp3) is 0.0500. The predicted molar refractivity (Wildman–Crippen MR) is 99.2 cm³/mol. The topological polar surface area (TPSA) is 59.2 Å². The third-order valence-electron chi connectivity index (χ3n) is 4.35. The highest BCUT2D eigenvalue weighted by Gasteiger charge is 2.27. The van der Waals surface area contributed by atoms with Gasteiger partial charge in [0.15, 0.2) is 5.56 Å². The lowest BCUT2D eigenvalue weighted by Gasteiger charge is -2.11. The molecule has 4 rings (SSSR count). The fourth-order valence-corrected chi connectivity index (χ4v) is 3.22. The van der Waals surface area contributed by atoms with Crippen LogP contribution in [0.25, 0.3) is 16.8 Å². The Morgan fingerprint density at radius 3 is 2.71 bits per heavy atom. The van der Waals surface area contributed by atoms with Gasteiger partial charge in [-0.05, 0) is 36.4 Å². The van der Waals surface area contributed by atoms with Crippen LogP contribution >= 0.6 is 11.6 Å². The Labute approximate surface area is 162 Å². The number of hydrogen-bond acceptors (Lipinski definition) is 3. The number of aromatic hydroxyl groups is 1. The standard InChI is InChI=1S/C20H12ClF2N3O2/c21-13-5-6-15(22)14(9-13)18-19(27)25-8-2-1-3-17(25)26(20(18)28)11-12-4-7-16(23)24-10-12/h1-10H,11H2/p+1. The summed E-state index contributed by atoms with van der Waals surface area (Å²) in [4.78, 5) is 16.6. The highest BCUT2D eigenvalue weighted by Crippen LogP contribution is 2.30. The third-order valence-corrected chi connectivity index (χ3v) is 4.59. The van der Waals surface area contributed by atoms with Gasteiger partial charge in [0.25, 0.3) is 11.5 Å². The lowest BCUT2D eigenvalue weighted by Crippen LogP contribution is -2.43. The van der Waals surface area contributed by atoms with Crippen LogP contribution < -0.4 is 9.96 Å². The monoisotopic (exact) mass is 400 g/mol. The number of aromatic nitrogens is 3.